The zero-order valence-electron chi connectivity index (χ0n) is 11.6. The van der Waals surface area contributed by atoms with Crippen LogP contribution in [0.4, 0.5) is 10.5 Å². The molecule has 1 rings (SSSR count). The summed E-state index contributed by atoms with van der Waals surface area (Å²) in [5.41, 5.74) is 0.646. The number of hydrogen-bond acceptors (Lipinski definition) is 3. The van der Waals surface area contributed by atoms with Crippen LogP contribution in [0.1, 0.15) is 13.8 Å². The van der Waals surface area contributed by atoms with E-state index in [1.807, 2.05) is 6.26 Å². The number of carbonyl (C=O) groups excluding carboxylic acids is 1. The molecule has 0 bridgehead atoms. The summed E-state index contributed by atoms with van der Waals surface area (Å²) in [6.07, 6.45) is 3.62. The first-order chi connectivity index (χ1) is 8.84. The Balaban J connectivity index is 2.58. The van der Waals surface area contributed by atoms with Crippen molar-refractivity contribution in [1.29, 1.82) is 0 Å². The van der Waals surface area contributed by atoms with E-state index in [0.717, 1.165) is 0 Å². The minimum absolute atomic E-state index is 0.00407. The lowest BCUT2D eigenvalue weighted by Crippen LogP contribution is -2.38. The average molecular weight is 300 g/mol. The van der Waals surface area contributed by atoms with E-state index in [4.69, 9.17) is 0 Å². The van der Waals surface area contributed by atoms with Gasteiger partial charge in [0.1, 0.15) is 0 Å². The molecule has 6 heteroatoms. The van der Waals surface area contributed by atoms with Crippen LogP contribution < -0.4 is 10.6 Å². The Labute approximate surface area is 121 Å². The van der Waals surface area contributed by atoms with E-state index in [0.29, 0.717) is 17.1 Å². The lowest BCUT2D eigenvalue weighted by atomic mass is 10.2. The lowest BCUT2D eigenvalue weighted by Gasteiger charge is -2.22. The van der Waals surface area contributed by atoms with Gasteiger partial charge >= 0.3 is 6.03 Å². The van der Waals surface area contributed by atoms with Crippen molar-refractivity contribution in [2.45, 2.75) is 23.5 Å². The summed E-state index contributed by atoms with van der Waals surface area (Å²) in [6, 6.07) is 6.79. The van der Waals surface area contributed by atoms with Crippen molar-refractivity contribution in [3.8, 4) is 0 Å². The maximum atomic E-state index is 11.7. The molecule has 0 aliphatic heterocycles. The Kier molecular flexibility index (Phi) is 5.87. The van der Waals surface area contributed by atoms with Crippen molar-refractivity contribution in [2.75, 3.05) is 24.4 Å². The molecule has 0 aromatic heterocycles. The Morgan fingerprint density at radius 3 is 2.68 bits per heavy atom. The quantitative estimate of drug-likeness (QED) is 0.879. The van der Waals surface area contributed by atoms with Crippen LogP contribution in [0.3, 0.4) is 0 Å². The molecule has 19 heavy (non-hydrogen) atoms. The van der Waals surface area contributed by atoms with Gasteiger partial charge in [-0.05, 0) is 38.3 Å². The maximum Gasteiger partial charge on any atom is 0.319 e. The zero-order valence-corrected chi connectivity index (χ0v) is 13.3. The highest BCUT2D eigenvalue weighted by Crippen LogP contribution is 2.19. The average Bonchev–Trinajstić information content (AvgIpc) is 2.37. The van der Waals surface area contributed by atoms with E-state index < -0.39 is 10.8 Å². The first kappa shape index (κ1) is 16.0. The fourth-order valence-corrected chi connectivity index (χ4v) is 2.07. The molecule has 2 amide bonds. The molecule has 0 spiro atoms. The normalized spacial score (nSPS) is 12.8. The topological polar surface area (TPSA) is 58.2 Å². The van der Waals surface area contributed by atoms with Gasteiger partial charge in [0.2, 0.25) is 0 Å². The van der Waals surface area contributed by atoms with E-state index in [2.05, 4.69) is 24.5 Å². The summed E-state index contributed by atoms with van der Waals surface area (Å²) in [6.45, 7) is 4.72. The minimum Gasteiger partial charge on any atom is -0.336 e. The second-order valence-electron chi connectivity index (χ2n) is 4.75. The number of thioether (sulfide) groups is 1. The van der Waals surface area contributed by atoms with Gasteiger partial charge in [0, 0.05) is 38.9 Å². The van der Waals surface area contributed by atoms with E-state index >= 15 is 0 Å². The Morgan fingerprint density at radius 2 is 2.11 bits per heavy atom. The standard InChI is InChI=1S/C13H20N2O2S2/c1-13(2,18-3)9-14-12(16)15-10-6-5-7-11(8-10)19(4)17/h5-8H,9H2,1-4H3,(H2,14,15,16). The molecule has 0 fully saturated rings. The summed E-state index contributed by atoms with van der Waals surface area (Å²) in [7, 11) is -1.05. The molecule has 0 aliphatic rings. The molecule has 2 N–H and O–H groups in total. The van der Waals surface area contributed by atoms with E-state index in [-0.39, 0.29) is 10.8 Å². The minimum atomic E-state index is -1.05. The van der Waals surface area contributed by atoms with Gasteiger partial charge in [0.15, 0.2) is 0 Å². The Morgan fingerprint density at radius 1 is 1.42 bits per heavy atom. The number of benzene rings is 1. The molecule has 4 nitrogen and oxygen atoms in total. The van der Waals surface area contributed by atoms with Crippen molar-refractivity contribution in [2.24, 2.45) is 0 Å². The fourth-order valence-electron chi connectivity index (χ4n) is 1.29. The van der Waals surface area contributed by atoms with Crippen LogP contribution in [0, 0.1) is 0 Å². The van der Waals surface area contributed by atoms with Crippen LogP contribution in [0.2, 0.25) is 0 Å². The first-order valence-electron chi connectivity index (χ1n) is 5.87. The molecular weight excluding hydrogens is 280 g/mol. The summed E-state index contributed by atoms with van der Waals surface area (Å²) >= 11 is 1.70. The molecule has 1 atom stereocenters. The molecule has 0 heterocycles. The number of amides is 2. The van der Waals surface area contributed by atoms with Crippen LogP contribution in [0.15, 0.2) is 29.2 Å². The molecule has 0 saturated heterocycles. The van der Waals surface area contributed by atoms with Gasteiger partial charge in [0.25, 0.3) is 0 Å². The van der Waals surface area contributed by atoms with E-state index in [1.54, 1.807) is 42.3 Å². The van der Waals surface area contributed by atoms with Crippen LogP contribution in [-0.4, -0.2) is 34.0 Å². The lowest BCUT2D eigenvalue weighted by molar-refractivity contribution is 0.251. The number of hydrogen-bond donors (Lipinski definition) is 2. The van der Waals surface area contributed by atoms with Crippen molar-refractivity contribution in [3.63, 3.8) is 0 Å². The van der Waals surface area contributed by atoms with Crippen LogP contribution in [0.25, 0.3) is 0 Å². The van der Waals surface area contributed by atoms with Gasteiger partial charge in [-0.15, -0.1) is 0 Å². The molecule has 1 aromatic carbocycles. The van der Waals surface area contributed by atoms with Gasteiger partial charge in [0.05, 0.1) is 0 Å². The van der Waals surface area contributed by atoms with Gasteiger partial charge in [-0.2, -0.15) is 11.8 Å². The second kappa shape index (κ2) is 6.96. The third-order valence-corrected chi connectivity index (χ3v) is 4.82. The smallest absolute Gasteiger partial charge is 0.319 e. The number of carbonyl (C=O) groups is 1. The highest BCUT2D eigenvalue weighted by molar-refractivity contribution is 7.99. The van der Waals surface area contributed by atoms with Crippen molar-refractivity contribution in [3.05, 3.63) is 24.3 Å². The van der Waals surface area contributed by atoms with Crippen LogP contribution in [-0.2, 0) is 10.8 Å². The Hall–Kier alpha value is -1.01. The highest BCUT2D eigenvalue weighted by atomic mass is 32.2. The predicted molar refractivity (Wildman–Crippen MR) is 83.4 cm³/mol. The van der Waals surface area contributed by atoms with Gasteiger partial charge in [-0.1, -0.05) is 6.07 Å². The summed E-state index contributed by atoms with van der Waals surface area (Å²) < 4.78 is 11.4. The largest absolute Gasteiger partial charge is 0.336 e. The van der Waals surface area contributed by atoms with Crippen molar-refractivity contribution >= 4 is 34.3 Å². The fraction of sp³-hybridized carbons (Fsp3) is 0.462. The van der Waals surface area contributed by atoms with Gasteiger partial charge < -0.3 is 10.6 Å². The van der Waals surface area contributed by atoms with Crippen molar-refractivity contribution < 1.29 is 9.00 Å². The molecule has 1 aromatic rings. The van der Waals surface area contributed by atoms with Crippen LogP contribution >= 0.6 is 11.8 Å². The highest BCUT2D eigenvalue weighted by Gasteiger charge is 2.16. The number of urea groups is 1. The summed E-state index contributed by atoms with van der Waals surface area (Å²) in [5, 5.41) is 5.56. The predicted octanol–water partition coefficient (Wildman–Crippen LogP) is 2.69. The molecule has 1 unspecified atom stereocenters. The number of nitrogens with one attached hydrogen (secondary N) is 2. The third kappa shape index (κ3) is 5.65. The molecule has 0 saturated carbocycles. The molecular formula is C13H20N2O2S2. The summed E-state index contributed by atoms with van der Waals surface area (Å²) in [4.78, 5) is 12.4. The van der Waals surface area contributed by atoms with E-state index in [1.165, 1.54) is 0 Å². The monoisotopic (exact) mass is 300 g/mol. The molecule has 106 valence electrons. The molecule has 0 aliphatic carbocycles. The van der Waals surface area contributed by atoms with Gasteiger partial charge in [-0.25, -0.2) is 4.79 Å². The zero-order chi connectivity index (χ0) is 14.5. The first-order valence-corrected chi connectivity index (χ1v) is 8.66. The van der Waals surface area contributed by atoms with E-state index in [9.17, 15) is 9.00 Å². The van der Waals surface area contributed by atoms with Crippen molar-refractivity contribution in [1.82, 2.24) is 5.32 Å². The second-order valence-corrected chi connectivity index (χ2v) is 7.65. The Bertz CT molecular complexity index is 475. The van der Waals surface area contributed by atoms with Crippen LogP contribution in [0.5, 0.6) is 0 Å². The maximum absolute atomic E-state index is 11.7. The van der Waals surface area contributed by atoms with Gasteiger partial charge in [-0.3, -0.25) is 4.21 Å². The molecule has 0 radical (unpaired) electrons. The number of anilines is 1. The third-order valence-electron chi connectivity index (χ3n) is 2.65. The summed E-state index contributed by atoms with van der Waals surface area (Å²) in [5.74, 6) is 0. The number of rotatable bonds is 5. The SMILES string of the molecule is CSC(C)(C)CNC(=O)Nc1cccc(S(C)=O)c1.